The molecule has 1 heterocycles. The first-order valence-electron chi connectivity index (χ1n) is 4.13. The zero-order chi connectivity index (χ0) is 10.7. The minimum atomic E-state index is -0.525. The number of hydrogen-bond donors (Lipinski definition) is 2. The van der Waals surface area contributed by atoms with Crippen LogP contribution in [0.2, 0.25) is 0 Å². The van der Waals surface area contributed by atoms with Crippen molar-refractivity contribution in [3.8, 4) is 0 Å². The van der Waals surface area contributed by atoms with E-state index in [1.165, 1.54) is 0 Å². The van der Waals surface area contributed by atoms with Crippen molar-refractivity contribution in [2.45, 2.75) is 13.8 Å². The van der Waals surface area contributed by atoms with Gasteiger partial charge in [0.2, 0.25) is 5.95 Å². The third-order valence-electron chi connectivity index (χ3n) is 1.61. The SMILES string of the molecule is CCOC(=O)c1c(C)nc(N)nc1N. The molecule has 1 aromatic heterocycles. The van der Waals surface area contributed by atoms with Crippen LogP contribution in [0.1, 0.15) is 23.0 Å². The van der Waals surface area contributed by atoms with Crippen LogP contribution in [-0.2, 0) is 4.74 Å². The lowest BCUT2D eigenvalue weighted by Crippen LogP contribution is -2.14. The fourth-order valence-electron chi connectivity index (χ4n) is 1.07. The number of nitrogen functional groups attached to an aromatic ring is 2. The maximum absolute atomic E-state index is 11.4. The van der Waals surface area contributed by atoms with E-state index in [0.29, 0.717) is 5.69 Å². The zero-order valence-electron chi connectivity index (χ0n) is 8.07. The van der Waals surface area contributed by atoms with Crippen LogP contribution in [0.5, 0.6) is 0 Å². The summed E-state index contributed by atoms with van der Waals surface area (Å²) in [5.74, 6) is -0.427. The van der Waals surface area contributed by atoms with Crippen molar-refractivity contribution in [2.24, 2.45) is 0 Å². The molecule has 0 bridgehead atoms. The van der Waals surface area contributed by atoms with E-state index in [1.54, 1.807) is 13.8 Å². The van der Waals surface area contributed by atoms with Gasteiger partial charge in [0.15, 0.2) is 0 Å². The van der Waals surface area contributed by atoms with E-state index in [4.69, 9.17) is 16.2 Å². The van der Waals surface area contributed by atoms with Crippen LogP contribution in [0.15, 0.2) is 0 Å². The van der Waals surface area contributed by atoms with E-state index in [-0.39, 0.29) is 23.9 Å². The van der Waals surface area contributed by atoms with Gasteiger partial charge in [0.1, 0.15) is 11.4 Å². The first kappa shape index (κ1) is 10.2. The van der Waals surface area contributed by atoms with Gasteiger partial charge >= 0.3 is 5.97 Å². The Hall–Kier alpha value is -1.85. The Kier molecular flexibility index (Phi) is 2.85. The molecule has 1 aromatic rings. The molecule has 0 aromatic carbocycles. The van der Waals surface area contributed by atoms with Crippen molar-refractivity contribution in [1.29, 1.82) is 0 Å². The highest BCUT2D eigenvalue weighted by atomic mass is 16.5. The number of carbonyl (C=O) groups excluding carboxylic acids is 1. The van der Waals surface area contributed by atoms with E-state index in [9.17, 15) is 4.79 Å². The minimum Gasteiger partial charge on any atom is -0.462 e. The number of hydrogen-bond acceptors (Lipinski definition) is 6. The molecular weight excluding hydrogens is 184 g/mol. The molecule has 0 fully saturated rings. The maximum Gasteiger partial charge on any atom is 0.343 e. The Morgan fingerprint density at radius 3 is 2.57 bits per heavy atom. The molecule has 76 valence electrons. The van der Waals surface area contributed by atoms with Crippen LogP contribution in [0.4, 0.5) is 11.8 Å². The highest BCUT2D eigenvalue weighted by molar-refractivity contribution is 5.95. The van der Waals surface area contributed by atoms with Gasteiger partial charge in [-0.2, -0.15) is 4.98 Å². The summed E-state index contributed by atoms with van der Waals surface area (Å²) in [6, 6.07) is 0. The van der Waals surface area contributed by atoms with E-state index in [2.05, 4.69) is 9.97 Å². The average molecular weight is 196 g/mol. The van der Waals surface area contributed by atoms with Gasteiger partial charge in [0.05, 0.1) is 12.3 Å². The van der Waals surface area contributed by atoms with Gasteiger partial charge in [0, 0.05) is 0 Å². The lowest BCUT2D eigenvalue weighted by atomic mass is 10.2. The number of carbonyl (C=O) groups is 1. The van der Waals surface area contributed by atoms with Crippen molar-refractivity contribution in [3.05, 3.63) is 11.3 Å². The summed E-state index contributed by atoms with van der Waals surface area (Å²) in [5, 5.41) is 0. The predicted molar refractivity (Wildman–Crippen MR) is 51.6 cm³/mol. The Labute approximate surface area is 81.3 Å². The first-order valence-corrected chi connectivity index (χ1v) is 4.13. The summed E-state index contributed by atoms with van der Waals surface area (Å²) >= 11 is 0. The maximum atomic E-state index is 11.4. The van der Waals surface area contributed by atoms with Gasteiger partial charge in [-0.3, -0.25) is 0 Å². The molecule has 14 heavy (non-hydrogen) atoms. The number of nitrogens with zero attached hydrogens (tertiary/aromatic N) is 2. The molecular formula is C8H12N4O2. The number of nitrogens with two attached hydrogens (primary N) is 2. The predicted octanol–water partition coefficient (Wildman–Crippen LogP) is 0.126. The highest BCUT2D eigenvalue weighted by Crippen LogP contribution is 2.14. The first-order chi connectivity index (χ1) is 6.56. The summed E-state index contributed by atoms with van der Waals surface area (Å²) in [5.41, 5.74) is 11.5. The van der Waals surface area contributed by atoms with Crippen LogP contribution < -0.4 is 11.5 Å². The van der Waals surface area contributed by atoms with E-state index >= 15 is 0 Å². The monoisotopic (exact) mass is 196 g/mol. The molecule has 0 spiro atoms. The quantitative estimate of drug-likeness (QED) is 0.651. The van der Waals surface area contributed by atoms with E-state index < -0.39 is 5.97 Å². The highest BCUT2D eigenvalue weighted by Gasteiger charge is 2.16. The van der Waals surface area contributed by atoms with E-state index in [0.717, 1.165) is 0 Å². The molecule has 0 amide bonds. The third-order valence-corrected chi connectivity index (χ3v) is 1.61. The Bertz CT molecular complexity index is 341. The second-order valence-corrected chi connectivity index (χ2v) is 2.65. The second kappa shape index (κ2) is 3.91. The summed E-state index contributed by atoms with van der Waals surface area (Å²) in [7, 11) is 0. The lowest BCUT2D eigenvalue weighted by Gasteiger charge is -2.07. The second-order valence-electron chi connectivity index (χ2n) is 2.65. The molecule has 1 rings (SSSR count). The fourth-order valence-corrected chi connectivity index (χ4v) is 1.07. The molecule has 0 aliphatic carbocycles. The molecule has 0 saturated heterocycles. The fraction of sp³-hybridized carbons (Fsp3) is 0.375. The van der Waals surface area contributed by atoms with Gasteiger partial charge in [-0.1, -0.05) is 0 Å². The molecule has 0 aliphatic heterocycles. The van der Waals surface area contributed by atoms with Crippen LogP contribution in [-0.4, -0.2) is 22.5 Å². The van der Waals surface area contributed by atoms with Gasteiger partial charge in [-0.05, 0) is 13.8 Å². The number of ether oxygens (including phenoxy) is 1. The molecule has 0 saturated carbocycles. The summed E-state index contributed by atoms with van der Waals surface area (Å²) < 4.78 is 4.79. The van der Waals surface area contributed by atoms with Crippen LogP contribution >= 0.6 is 0 Å². The largest absolute Gasteiger partial charge is 0.462 e. The van der Waals surface area contributed by atoms with E-state index in [1.807, 2.05) is 0 Å². The Balaban J connectivity index is 3.14. The summed E-state index contributed by atoms with van der Waals surface area (Å²) in [6.07, 6.45) is 0. The zero-order valence-corrected chi connectivity index (χ0v) is 8.07. The van der Waals surface area contributed by atoms with Gasteiger partial charge in [-0.15, -0.1) is 0 Å². The number of anilines is 2. The number of rotatable bonds is 2. The number of aromatic nitrogens is 2. The van der Waals surface area contributed by atoms with Gasteiger partial charge in [0.25, 0.3) is 0 Å². The average Bonchev–Trinajstić information content (AvgIpc) is 2.01. The van der Waals surface area contributed by atoms with Crippen molar-refractivity contribution < 1.29 is 9.53 Å². The van der Waals surface area contributed by atoms with Gasteiger partial charge in [-0.25, -0.2) is 9.78 Å². The summed E-state index contributed by atoms with van der Waals surface area (Å²) in [4.78, 5) is 18.9. The van der Waals surface area contributed by atoms with Crippen molar-refractivity contribution >= 4 is 17.7 Å². The van der Waals surface area contributed by atoms with Crippen molar-refractivity contribution in [3.63, 3.8) is 0 Å². The molecule has 0 aliphatic rings. The smallest absolute Gasteiger partial charge is 0.343 e. The number of aryl methyl sites for hydroxylation is 1. The van der Waals surface area contributed by atoms with Crippen molar-refractivity contribution in [2.75, 3.05) is 18.1 Å². The van der Waals surface area contributed by atoms with Crippen LogP contribution in [0, 0.1) is 6.92 Å². The van der Waals surface area contributed by atoms with Crippen LogP contribution in [0.25, 0.3) is 0 Å². The van der Waals surface area contributed by atoms with Gasteiger partial charge < -0.3 is 16.2 Å². The lowest BCUT2D eigenvalue weighted by molar-refractivity contribution is 0.0526. The molecule has 4 N–H and O–H groups in total. The van der Waals surface area contributed by atoms with Crippen molar-refractivity contribution in [1.82, 2.24) is 9.97 Å². The number of esters is 1. The molecule has 0 radical (unpaired) electrons. The summed E-state index contributed by atoms with van der Waals surface area (Å²) in [6.45, 7) is 3.62. The minimum absolute atomic E-state index is 0.0491. The Morgan fingerprint density at radius 1 is 1.43 bits per heavy atom. The standard InChI is InChI=1S/C8H12N4O2/c1-3-14-7(13)5-4(2)11-8(10)12-6(5)9/h3H2,1-2H3,(H4,9,10,11,12). The van der Waals surface area contributed by atoms with Crippen LogP contribution in [0.3, 0.4) is 0 Å². The molecule has 0 atom stereocenters. The Morgan fingerprint density at radius 2 is 2.07 bits per heavy atom. The third kappa shape index (κ3) is 1.90. The topological polar surface area (TPSA) is 104 Å². The normalized spacial score (nSPS) is 9.86. The molecule has 0 unspecified atom stereocenters. The molecule has 6 nitrogen and oxygen atoms in total. The molecule has 6 heteroatoms.